The number of carbonyl (C=O) groups is 2. The first-order valence-corrected chi connectivity index (χ1v) is 13.6. The normalized spacial score (nSPS) is 21.9. The number of carbonyl (C=O) groups excluding carboxylic acids is 1. The van der Waals surface area contributed by atoms with Gasteiger partial charge < -0.3 is 10.0 Å². The Morgan fingerprint density at radius 3 is 2.38 bits per heavy atom. The summed E-state index contributed by atoms with van der Waals surface area (Å²) in [7, 11) is -3.49. The highest BCUT2D eigenvalue weighted by Crippen LogP contribution is 2.47. The highest BCUT2D eigenvalue weighted by Gasteiger charge is 2.46. The molecule has 0 aliphatic carbocycles. The molecule has 1 aliphatic heterocycles. The van der Waals surface area contributed by atoms with E-state index in [9.17, 15) is 23.1 Å². The molecule has 0 bridgehead atoms. The number of nitrogens with one attached hydrogen (secondary N) is 1. The fourth-order valence-corrected chi connectivity index (χ4v) is 5.48. The highest BCUT2D eigenvalue weighted by atomic mass is 35.5. The summed E-state index contributed by atoms with van der Waals surface area (Å²) in [5, 5.41) is 10.6. The average Bonchev–Trinajstić information content (AvgIpc) is 2.76. The van der Waals surface area contributed by atoms with Crippen molar-refractivity contribution in [2.45, 2.75) is 44.2 Å². The molecule has 1 amide bonds. The number of halogens is 2. The minimum absolute atomic E-state index is 0.0211. The number of likely N-dealkylation sites (tertiary alicyclic amines) is 1. The predicted octanol–water partition coefficient (Wildman–Crippen LogP) is 4.47. The van der Waals surface area contributed by atoms with E-state index in [4.69, 9.17) is 23.2 Å². The fourth-order valence-electron chi connectivity index (χ4n) is 4.66. The Kier molecular flexibility index (Phi) is 8.62. The molecule has 2 N–H and O–H groups in total. The molecule has 3 rings (SSSR count). The van der Waals surface area contributed by atoms with Crippen LogP contribution in [-0.4, -0.2) is 49.1 Å². The monoisotopic (exact) mass is 526 g/mol. The number of nitrogens with zero attached hydrogens (tertiary/aromatic N) is 1. The van der Waals surface area contributed by atoms with E-state index in [1.165, 1.54) is 0 Å². The van der Waals surface area contributed by atoms with E-state index in [2.05, 4.69) is 4.72 Å². The summed E-state index contributed by atoms with van der Waals surface area (Å²) in [6, 6.07) is 13.6. The lowest BCUT2D eigenvalue weighted by atomic mass is 9.74. The number of hydrogen-bond acceptors (Lipinski definition) is 4. The first-order chi connectivity index (χ1) is 16.0. The molecule has 0 spiro atoms. The molecule has 2 aromatic rings. The van der Waals surface area contributed by atoms with Crippen molar-refractivity contribution >= 4 is 45.1 Å². The zero-order chi connectivity index (χ0) is 25.0. The van der Waals surface area contributed by atoms with E-state index in [1.54, 1.807) is 23.1 Å². The average molecular weight is 527 g/mol. The van der Waals surface area contributed by atoms with Crippen LogP contribution in [0.5, 0.6) is 0 Å². The van der Waals surface area contributed by atoms with Gasteiger partial charge in [-0.05, 0) is 48.2 Å². The van der Waals surface area contributed by atoms with Crippen molar-refractivity contribution in [2.24, 2.45) is 5.92 Å². The van der Waals surface area contributed by atoms with Gasteiger partial charge in [0.1, 0.15) is 0 Å². The summed E-state index contributed by atoms with van der Waals surface area (Å²) >= 11 is 12.4. The zero-order valence-corrected chi connectivity index (χ0v) is 21.3. The Morgan fingerprint density at radius 2 is 1.82 bits per heavy atom. The summed E-state index contributed by atoms with van der Waals surface area (Å²) in [5.74, 6) is -2.37. The quantitative estimate of drug-likeness (QED) is 0.501. The van der Waals surface area contributed by atoms with Gasteiger partial charge in [0.25, 0.3) is 0 Å². The minimum Gasteiger partial charge on any atom is -0.481 e. The molecule has 1 saturated heterocycles. The number of benzene rings is 2. The van der Waals surface area contributed by atoms with E-state index < -0.39 is 34.0 Å². The smallest absolute Gasteiger partial charge is 0.304 e. The number of aliphatic carboxylic acids is 1. The van der Waals surface area contributed by atoms with Crippen LogP contribution in [0.1, 0.15) is 49.3 Å². The van der Waals surface area contributed by atoms with Crippen molar-refractivity contribution in [3.05, 3.63) is 69.7 Å². The first-order valence-electron chi connectivity index (χ1n) is 11.0. The number of carboxylic acid groups (broad SMARTS) is 1. The third-order valence-corrected chi connectivity index (χ3v) is 7.36. The van der Waals surface area contributed by atoms with Gasteiger partial charge in [0, 0.05) is 34.5 Å². The van der Waals surface area contributed by atoms with Crippen LogP contribution < -0.4 is 4.72 Å². The maximum absolute atomic E-state index is 13.7. The van der Waals surface area contributed by atoms with Gasteiger partial charge in [-0.3, -0.25) is 9.59 Å². The number of amides is 1. The summed E-state index contributed by atoms with van der Waals surface area (Å²) in [4.78, 5) is 27.0. The van der Waals surface area contributed by atoms with Gasteiger partial charge in [-0.15, -0.1) is 0 Å². The van der Waals surface area contributed by atoms with Gasteiger partial charge in [-0.25, -0.2) is 13.1 Å². The van der Waals surface area contributed by atoms with Crippen molar-refractivity contribution in [1.82, 2.24) is 9.62 Å². The maximum atomic E-state index is 13.7. The molecule has 0 saturated carbocycles. The zero-order valence-electron chi connectivity index (χ0n) is 18.9. The Morgan fingerprint density at radius 1 is 1.15 bits per heavy atom. The molecular weight excluding hydrogens is 499 g/mol. The number of sulfonamides is 1. The topological polar surface area (TPSA) is 104 Å². The van der Waals surface area contributed by atoms with Crippen LogP contribution in [0, 0.1) is 5.92 Å². The Labute approximate surface area is 210 Å². The van der Waals surface area contributed by atoms with Gasteiger partial charge in [0.15, 0.2) is 0 Å². The Balaban J connectivity index is 2.16. The lowest BCUT2D eigenvalue weighted by molar-refractivity contribution is -0.152. The summed E-state index contributed by atoms with van der Waals surface area (Å²) in [5.41, 5.74) is 1.71. The molecule has 34 heavy (non-hydrogen) atoms. The second kappa shape index (κ2) is 11.1. The molecule has 4 atom stereocenters. The molecular formula is C24H28Cl2N2O5S. The molecule has 7 nitrogen and oxygen atoms in total. The van der Waals surface area contributed by atoms with Crippen LogP contribution in [-0.2, 0) is 19.6 Å². The van der Waals surface area contributed by atoms with Crippen molar-refractivity contribution in [3.8, 4) is 0 Å². The fraction of sp³-hybridized carbons (Fsp3) is 0.417. The SMILES string of the molecule is CCC(CNS(C)(=O)=O)N1C(=O)C(CC(=O)O)C[C@H](c2cccc(Cl)c2)C1c1ccc(Cl)cc1. The lowest BCUT2D eigenvalue weighted by Crippen LogP contribution is -2.54. The number of piperidine rings is 1. The Bertz CT molecular complexity index is 1140. The summed E-state index contributed by atoms with van der Waals surface area (Å²) in [6.45, 7) is 1.89. The third kappa shape index (κ3) is 6.50. The molecule has 2 aromatic carbocycles. The van der Waals surface area contributed by atoms with Gasteiger partial charge in [0.2, 0.25) is 15.9 Å². The van der Waals surface area contributed by atoms with Crippen LogP contribution in [0.25, 0.3) is 0 Å². The molecule has 1 heterocycles. The molecule has 1 fully saturated rings. The lowest BCUT2D eigenvalue weighted by Gasteiger charge is -2.48. The van der Waals surface area contributed by atoms with Crippen LogP contribution in [0.2, 0.25) is 10.0 Å². The van der Waals surface area contributed by atoms with Gasteiger partial charge >= 0.3 is 5.97 Å². The molecule has 0 radical (unpaired) electrons. The summed E-state index contributed by atoms with van der Waals surface area (Å²) in [6.07, 6.45) is 1.55. The first kappa shape index (κ1) is 26.5. The largest absolute Gasteiger partial charge is 0.481 e. The highest BCUT2D eigenvalue weighted by molar-refractivity contribution is 7.88. The van der Waals surface area contributed by atoms with Crippen LogP contribution in [0.4, 0.5) is 0 Å². The van der Waals surface area contributed by atoms with Gasteiger partial charge in [-0.1, -0.05) is 54.4 Å². The van der Waals surface area contributed by atoms with Crippen LogP contribution >= 0.6 is 23.2 Å². The number of carboxylic acids is 1. The number of rotatable bonds is 9. The van der Waals surface area contributed by atoms with Crippen LogP contribution in [0.15, 0.2) is 48.5 Å². The Hall–Kier alpha value is -2.13. The van der Waals surface area contributed by atoms with E-state index in [0.717, 1.165) is 17.4 Å². The van der Waals surface area contributed by atoms with Gasteiger partial charge in [0.05, 0.1) is 18.7 Å². The second-order valence-corrected chi connectivity index (χ2v) is 11.3. The number of hydrogen-bond donors (Lipinski definition) is 2. The standard InChI is InChI=1S/C24H28Cl2N2O5S/c1-3-20(14-27-34(2,32)33)28-23(15-7-9-18(25)10-8-15)21(16-5-4-6-19(26)11-16)12-17(24(28)31)13-22(29)30/h4-11,17,20-21,23,27H,3,12-14H2,1-2H3,(H,29,30)/t17?,20?,21-,23?/m1/s1. The van der Waals surface area contributed by atoms with E-state index in [-0.39, 0.29) is 24.8 Å². The summed E-state index contributed by atoms with van der Waals surface area (Å²) < 4.78 is 26.1. The maximum Gasteiger partial charge on any atom is 0.304 e. The molecule has 184 valence electrons. The predicted molar refractivity (Wildman–Crippen MR) is 133 cm³/mol. The third-order valence-electron chi connectivity index (χ3n) is 6.18. The van der Waals surface area contributed by atoms with E-state index >= 15 is 0 Å². The van der Waals surface area contributed by atoms with Crippen molar-refractivity contribution in [3.63, 3.8) is 0 Å². The van der Waals surface area contributed by atoms with Crippen molar-refractivity contribution in [1.29, 1.82) is 0 Å². The van der Waals surface area contributed by atoms with E-state index in [0.29, 0.717) is 22.9 Å². The molecule has 0 aromatic heterocycles. The molecule has 10 heteroatoms. The van der Waals surface area contributed by atoms with Crippen molar-refractivity contribution < 1.29 is 23.1 Å². The van der Waals surface area contributed by atoms with Crippen LogP contribution in [0.3, 0.4) is 0 Å². The van der Waals surface area contributed by atoms with Crippen molar-refractivity contribution in [2.75, 3.05) is 12.8 Å². The molecule has 1 aliphatic rings. The van der Waals surface area contributed by atoms with Gasteiger partial charge in [-0.2, -0.15) is 0 Å². The minimum atomic E-state index is -3.49. The molecule has 3 unspecified atom stereocenters. The van der Waals surface area contributed by atoms with E-state index in [1.807, 2.05) is 37.3 Å². The second-order valence-electron chi connectivity index (χ2n) is 8.62.